The standard InChI is InChI=1S/C21H24ClF3N4O2S/c1-28(2)10-13-5-4-8-21(13)11-29(12-21)15-9-14(23)20(19(25)18(15)22)32(30,31)27-17-7-3-6-16(24)26-17/h3,6-7,9,13H,4-5,8,10-12H2,1-2H3,(H,26,27)/t13-/m0/s1. The van der Waals surface area contributed by atoms with Gasteiger partial charge in [0.2, 0.25) is 5.95 Å². The fourth-order valence-corrected chi connectivity index (χ4v) is 6.40. The summed E-state index contributed by atoms with van der Waals surface area (Å²) >= 11 is 6.17. The van der Waals surface area contributed by atoms with Crippen LogP contribution in [0.15, 0.2) is 29.2 Å². The van der Waals surface area contributed by atoms with Crippen molar-refractivity contribution in [2.45, 2.75) is 24.2 Å². The van der Waals surface area contributed by atoms with E-state index in [0.717, 1.165) is 44.0 Å². The number of aromatic nitrogens is 1. The summed E-state index contributed by atoms with van der Waals surface area (Å²) in [6.45, 7) is 2.17. The Hall–Kier alpha value is -2.04. The van der Waals surface area contributed by atoms with Gasteiger partial charge in [0.1, 0.15) is 16.7 Å². The van der Waals surface area contributed by atoms with E-state index in [1.165, 1.54) is 6.07 Å². The summed E-state index contributed by atoms with van der Waals surface area (Å²) in [6, 6.07) is 4.34. The predicted octanol–water partition coefficient (Wildman–Crippen LogP) is 4.12. The summed E-state index contributed by atoms with van der Waals surface area (Å²) in [6.07, 6.45) is 3.26. The third-order valence-electron chi connectivity index (χ3n) is 6.35. The van der Waals surface area contributed by atoms with Crippen LogP contribution in [0.4, 0.5) is 24.7 Å². The number of nitrogens with one attached hydrogen (secondary N) is 1. The Morgan fingerprint density at radius 1 is 1.28 bits per heavy atom. The molecule has 0 amide bonds. The van der Waals surface area contributed by atoms with Crippen molar-refractivity contribution < 1.29 is 21.6 Å². The topological polar surface area (TPSA) is 65.5 Å². The second-order valence-electron chi connectivity index (χ2n) is 8.86. The third-order valence-corrected chi connectivity index (χ3v) is 8.10. The molecule has 0 bridgehead atoms. The van der Waals surface area contributed by atoms with E-state index >= 15 is 4.39 Å². The Kier molecular flexibility index (Phi) is 6.06. The van der Waals surface area contributed by atoms with Crippen molar-refractivity contribution >= 4 is 33.1 Å². The largest absolute Gasteiger partial charge is 0.369 e. The minimum absolute atomic E-state index is 0.0793. The van der Waals surface area contributed by atoms with E-state index in [9.17, 15) is 17.2 Å². The molecule has 1 aromatic heterocycles. The molecular weight excluding hydrogens is 465 g/mol. The number of pyridine rings is 1. The molecule has 2 heterocycles. The number of hydrogen-bond acceptors (Lipinski definition) is 5. The number of nitrogens with zero attached hydrogens (tertiary/aromatic N) is 3. The Balaban J connectivity index is 1.59. The molecule has 0 unspecified atom stereocenters. The molecule has 1 saturated carbocycles. The summed E-state index contributed by atoms with van der Waals surface area (Å²) in [5.41, 5.74) is 0.209. The predicted molar refractivity (Wildman–Crippen MR) is 117 cm³/mol. The zero-order chi connectivity index (χ0) is 23.3. The molecule has 11 heteroatoms. The summed E-state index contributed by atoms with van der Waals surface area (Å²) in [5, 5.41) is -0.462. The first kappa shape index (κ1) is 23.1. The van der Waals surface area contributed by atoms with Crippen LogP contribution >= 0.6 is 11.6 Å². The van der Waals surface area contributed by atoms with Gasteiger partial charge in [0.15, 0.2) is 10.7 Å². The van der Waals surface area contributed by atoms with Gasteiger partial charge in [-0.1, -0.05) is 24.1 Å². The van der Waals surface area contributed by atoms with Crippen molar-refractivity contribution in [3.63, 3.8) is 0 Å². The van der Waals surface area contributed by atoms with E-state index in [4.69, 9.17) is 11.6 Å². The molecule has 1 atom stereocenters. The summed E-state index contributed by atoms with van der Waals surface area (Å²) in [4.78, 5) is 6.07. The van der Waals surface area contributed by atoms with Gasteiger partial charge in [-0.3, -0.25) is 4.72 Å². The van der Waals surface area contributed by atoms with Gasteiger partial charge in [-0.15, -0.1) is 0 Å². The van der Waals surface area contributed by atoms with Gasteiger partial charge in [0, 0.05) is 31.1 Å². The van der Waals surface area contributed by atoms with E-state index in [1.807, 2.05) is 18.8 Å². The average Bonchev–Trinajstić information content (AvgIpc) is 3.06. The molecule has 0 radical (unpaired) electrons. The molecule has 1 aliphatic carbocycles. The molecule has 174 valence electrons. The van der Waals surface area contributed by atoms with Gasteiger partial charge >= 0.3 is 0 Å². The van der Waals surface area contributed by atoms with E-state index < -0.39 is 43.3 Å². The van der Waals surface area contributed by atoms with Crippen LogP contribution in [0.5, 0.6) is 0 Å². The van der Waals surface area contributed by atoms with E-state index in [0.29, 0.717) is 19.0 Å². The number of anilines is 2. The maximum Gasteiger partial charge on any atom is 0.268 e. The highest BCUT2D eigenvalue weighted by molar-refractivity contribution is 7.92. The van der Waals surface area contributed by atoms with E-state index in [1.54, 1.807) is 4.90 Å². The van der Waals surface area contributed by atoms with Crippen LogP contribution in [0.1, 0.15) is 19.3 Å². The van der Waals surface area contributed by atoms with Gasteiger partial charge in [0.05, 0.1) is 5.69 Å². The Morgan fingerprint density at radius 3 is 2.66 bits per heavy atom. The van der Waals surface area contributed by atoms with Crippen molar-refractivity contribution in [3.05, 3.63) is 46.9 Å². The molecule has 32 heavy (non-hydrogen) atoms. The maximum atomic E-state index is 15.0. The first-order valence-corrected chi connectivity index (χ1v) is 12.1. The van der Waals surface area contributed by atoms with Gasteiger partial charge < -0.3 is 9.80 Å². The number of sulfonamides is 1. The fraction of sp³-hybridized carbons (Fsp3) is 0.476. The van der Waals surface area contributed by atoms with Gasteiger partial charge in [0.25, 0.3) is 10.0 Å². The molecule has 2 aliphatic rings. The second-order valence-corrected chi connectivity index (χ2v) is 10.9. The third kappa shape index (κ3) is 4.15. The zero-order valence-corrected chi connectivity index (χ0v) is 19.3. The van der Waals surface area contributed by atoms with Crippen LogP contribution in [0, 0.1) is 28.9 Å². The van der Waals surface area contributed by atoms with E-state index in [2.05, 4.69) is 9.88 Å². The van der Waals surface area contributed by atoms with Gasteiger partial charge in [-0.2, -0.15) is 4.39 Å². The lowest BCUT2D eigenvalue weighted by atomic mass is 9.71. The summed E-state index contributed by atoms with van der Waals surface area (Å²) in [7, 11) is -0.678. The lowest BCUT2D eigenvalue weighted by Crippen LogP contribution is -2.59. The monoisotopic (exact) mass is 488 g/mol. The van der Waals surface area contributed by atoms with Crippen molar-refractivity contribution in [3.8, 4) is 0 Å². The average molecular weight is 489 g/mol. The quantitative estimate of drug-likeness (QED) is 0.489. The first-order chi connectivity index (χ1) is 15.0. The highest BCUT2D eigenvalue weighted by Crippen LogP contribution is 2.52. The van der Waals surface area contributed by atoms with Crippen LogP contribution in [0.25, 0.3) is 0 Å². The van der Waals surface area contributed by atoms with Crippen LogP contribution in [-0.4, -0.2) is 52.0 Å². The van der Waals surface area contributed by atoms with E-state index in [-0.39, 0.29) is 11.1 Å². The first-order valence-electron chi connectivity index (χ1n) is 10.2. The minimum atomic E-state index is -4.73. The normalized spacial score (nSPS) is 20.1. The smallest absolute Gasteiger partial charge is 0.268 e. The SMILES string of the molecule is CN(C)C[C@@H]1CCCC12CN(c1cc(F)c(S(=O)(=O)Nc3cccc(F)n3)c(F)c1Cl)C2. The maximum absolute atomic E-state index is 15.0. The minimum Gasteiger partial charge on any atom is -0.369 e. The highest BCUT2D eigenvalue weighted by Gasteiger charge is 2.52. The fourth-order valence-electron chi connectivity index (χ4n) is 4.93. The molecule has 1 aliphatic heterocycles. The zero-order valence-electron chi connectivity index (χ0n) is 17.7. The molecule has 1 saturated heterocycles. The molecule has 2 aromatic rings. The van der Waals surface area contributed by atoms with Crippen LogP contribution in [0.2, 0.25) is 5.02 Å². The van der Waals surface area contributed by atoms with Crippen LogP contribution < -0.4 is 9.62 Å². The Labute approximate surface area is 190 Å². The lowest BCUT2D eigenvalue weighted by molar-refractivity contribution is 0.118. The number of hydrogen-bond donors (Lipinski definition) is 1. The van der Waals surface area contributed by atoms with Crippen molar-refractivity contribution in [1.82, 2.24) is 9.88 Å². The Bertz CT molecular complexity index is 1140. The van der Waals surface area contributed by atoms with Crippen LogP contribution in [0.3, 0.4) is 0 Å². The molecule has 1 aromatic carbocycles. The second kappa shape index (κ2) is 8.39. The van der Waals surface area contributed by atoms with Crippen molar-refractivity contribution in [2.75, 3.05) is 43.4 Å². The number of rotatable bonds is 6. The number of halogens is 4. The number of benzene rings is 1. The highest BCUT2D eigenvalue weighted by atomic mass is 35.5. The van der Waals surface area contributed by atoms with Gasteiger partial charge in [-0.05, 0) is 45.0 Å². The summed E-state index contributed by atoms with van der Waals surface area (Å²) in [5.74, 6) is -3.51. The molecule has 1 spiro atoms. The molecule has 1 N–H and O–H groups in total. The molecule has 2 fully saturated rings. The molecule has 4 rings (SSSR count). The van der Waals surface area contributed by atoms with Gasteiger partial charge in [-0.25, -0.2) is 22.2 Å². The lowest BCUT2D eigenvalue weighted by Gasteiger charge is -2.53. The van der Waals surface area contributed by atoms with Crippen molar-refractivity contribution in [1.29, 1.82) is 0 Å². The van der Waals surface area contributed by atoms with Crippen LogP contribution in [-0.2, 0) is 10.0 Å². The van der Waals surface area contributed by atoms with Crippen molar-refractivity contribution in [2.24, 2.45) is 11.3 Å². The Morgan fingerprint density at radius 2 is 2.00 bits per heavy atom. The molecular formula is C21H24ClF3N4O2S. The summed E-state index contributed by atoms with van der Waals surface area (Å²) < 4.78 is 70.2. The molecule has 6 nitrogen and oxygen atoms in total.